The maximum atomic E-state index is 15.1. The van der Waals surface area contributed by atoms with Crippen molar-refractivity contribution in [3.63, 3.8) is 0 Å². The number of aryl methyl sites for hydroxylation is 2. The minimum Gasteiger partial charge on any atom is -0.508 e. The van der Waals surface area contributed by atoms with E-state index in [1.165, 1.54) is 22.3 Å². The van der Waals surface area contributed by atoms with Crippen LogP contribution >= 0.6 is 24.0 Å². The van der Waals surface area contributed by atoms with Crippen LogP contribution in [0.25, 0.3) is 11.3 Å². The van der Waals surface area contributed by atoms with Crippen LogP contribution < -0.4 is 4.90 Å². The average Bonchev–Trinajstić information content (AvgIpc) is 3.84. The highest BCUT2D eigenvalue weighted by atomic mass is 35.5. The normalized spacial score (nSPS) is 17.8. The molecule has 0 unspecified atom stereocenters. The average molecular weight is 778 g/mol. The SMILES string of the molecule is Cl.O=C(c1cc(-c2cc(Cl)ccc2C(=O)N2Cc3ccccc3C[C@H]2CN2CCOCC2)n2c1CCCC2)N(c1ccc(O)cc1)c1ccc2c(c1)CCC2. The number of benzene rings is 4. The van der Waals surface area contributed by atoms with Crippen LogP contribution in [-0.2, 0) is 43.5 Å². The largest absolute Gasteiger partial charge is 0.508 e. The van der Waals surface area contributed by atoms with Gasteiger partial charge in [-0.15, -0.1) is 12.4 Å². The van der Waals surface area contributed by atoms with E-state index in [9.17, 15) is 5.11 Å². The lowest BCUT2D eigenvalue weighted by molar-refractivity contribution is 0.0193. The fourth-order valence-corrected chi connectivity index (χ4v) is 9.20. The Morgan fingerprint density at radius 3 is 2.35 bits per heavy atom. The molecule has 3 aliphatic heterocycles. The molecule has 0 saturated carbocycles. The zero-order valence-electron chi connectivity index (χ0n) is 30.9. The lowest BCUT2D eigenvalue weighted by atomic mass is 9.92. The highest BCUT2D eigenvalue weighted by Crippen LogP contribution is 2.39. The van der Waals surface area contributed by atoms with Crippen molar-refractivity contribution in [2.75, 3.05) is 37.7 Å². The molecular weight excluding hydrogens is 731 g/mol. The summed E-state index contributed by atoms with van der Waals surface area (Å²) in [6, 6.07) is 29.2. The number of rotatable bonds is 7. The number of nitrogens with zero attached hydrogens (tertiary/aromatic N) is 4. The lowest BCUT2D eigenvalue weighted by Crippen LogP contribution is -2.52. The van der Waals surface area contributed by atoms with E-state index in [4.69, 9.17) is 16.3 Å². The van der Waals surface area contributed by atoms with Gasteiger partial charge in [0, 0.05) is 77.7 Å². The predicted octanol–water partition coefficient (Wildman–Crippen LogP) is 8.64. The van der Waals surface area contributed by atoms with Crippen molar-refractivity contribution in [1.82, 2.24) is 14.4 Å². The maximum Gasteiger partial charge on any atom is 0.264 e. The molecule has 1 fully saturated rings. The molecule has 0 radical (unpaired) electrons. The predicted molar refractivity (Wildman–Crippen MR) is 219 cm³/mol. The number of carbonyl (C=O) groups is 2. The van der Waals surface area contributed by atoms with E-state index in [2.05, 4.69) is 44.7 Å². The van der Waals surface area contributed by atoms with Crippen LogP contribution in [0.2, 0.25) is 5.02 Å². The molecule has 1 atom stereocenters. The molecule has 284 valence electrons. The van der Waals surface area contributed by atoms with Gasteiger partial charge < -0.3 is 19.3 Å². The molecule has 1 aliphatic carbocycles. The number of aromatic hydroxyl groups is 1. The zero-order valence-corrected chi connectivity index (χ0v) is 32.5. The fourth-order valence-electron chi connectivity index (χ4n) is 9.03. The topological polar surface area (TPSA) is 78.3 Å². The second-order valence-electron chi connectivity index (χ2n) is 15.1. The number of aromatic nitrogens is 1. The first kappa shape index (κ1) is 37.3. The number of hydrogen-bond acceptors (Lipinski definition) is 5. The Labute approximate surface area is 333 Å². The molecule has 0 spiro atoms. The molecule has 1 N–H and O–H groups in total. The summed E-state index contributed by atoms with van der Waals surface area (Å²) in [4.78, 5) is 36.3. The molecule has 4 heterocycles. The van der Waals surface area contributed by atoms with Gasteiger partial charge in [-0.1, -0.05) is 41.9 Å². The monoisotopic (exact) mass is 776 g/mol. The van der Waals surface area contributed by atoms with Gasteiger partial charge in [-0.2, -0.15) is 0 Å². The third-order valence-corrected chi connectivity index (χ3v) is 12.0. The van der Waals surface area contributed by atoms with Crippen molar-refractivity contribution >= 4 is 47.2 Å². The number of ether oxygens (including phenoxy) is 1. The van der Waals surface area contributed by atoms with Crippen molar-refractivity contribution in [1.29, 1.82) is 0 Å². The van der Waals surface area contributed by atoms with Gasteiger partial charge in [-0.3, -0.25) is 19.4 Å². The second kappa shape index (κ2) is 15.9. The number of phenolic OH excluding ortho intramolecular Hbond substituents is 1. The van der Waals surface area contributed by atoms with Crippen LogP contribution in [0.5, 0.6) is 5.75 Å². The van der Waals surface area contributed by atoms with Crippen molar-refractivity contribution < 1.29 is 19.4 Å². The van der Waals surface area contributed by atoms with Crippen LogP contribution in [-0.4, -0.2) is 70.2 Å². The molecule has 55 heavy (non-hydrogen) atoms. The highest BCUT2D eigenvalue weighted by Gasteiger charge is 2.35. The van der Waals surface area contributed by atoms with Crippen molar-refractivity contribution in [2.24, 2.45) is 0 Å². The van der Waals surface area contributed by atoms with Crippen LogP contribution in [0.3, 0.4) is 0 Å². The van der Waals surface area contributed by atoms with Gasteiger partial charge in [-0.25, -0.2) is 0 Å². The molecule has 1 aromatic heterocycles. The van der Waals surface area contributed by atoms with Gasteiger partial charge in [0.1, 0.15) is 5.75 Å². The molecule has 2 amide bonds. The van der Waals surface area contributed by atoms with Crippen molar-refractivity contribution in [3.05, 3.63) is 135 Å². The first-order valence-electron chi connectivity index (χ1n) is 19.4. The summed E-state index contributed by atoms with van der Waals surface area (Å²) in [5, 5.41) is 10.7. The Balaban J connectivity index is 0.00000427. The number of hydrogen-bond donors (Lipinski definition) is 1. The zero-order chi connectivity index (χ0) is 36.8. The van der Waals surface area contributed by atoms with E-state index in [0.29, 0.717) is 41.6 Å². The summed E-state index contributed by atoms with van der Waals surface area (Å²) < 4.78 is 7.89. The third-order valence-electron chi connectivity index (χ3n) is 11.8. The Hall–Kier alpha value is -4.60. The Morgan fingerprint density at radius 1 is 0.764 bits per heavy atom. The van der Waals surface area contributed by atoms with Gasteiger partial charge in [0.2, 0.25) is 0 Å². The minimum atomic E-state index is -0.136. The highest BCUT2D eigenvalue weighted by molar-refractivity contribution is 6.31. The van der Waals surface area contributed by atoms with Gasteiger partial charge in [0.25, 0.3) is 11.8 Å². The lowest BCUT2D eigenvalue weighted by Gasteiger charge is -2.40. The summed E-state index contributed by atoms with van der Waals surface area (Å²) in [6.07, 6.45) is 6.65. The molecule has 10 heteroatoms. The number of fused-ring (bicyclic) bond motifs is 3. The number of halogens is 2. The molecule has 9 rings (SSSR count). The van der Waals surface area contributed by atoms with Crippen LogP contribution in [0.4, 0.5) is 11.4 Å². The fraction of sp³-hybridized carbons (Fsp3) is 0.333. The molecule has 5 aromatic rings. The quantitative estimate of drug-likeness (QED) is 0.179. The number of amides is 2. The first-order chi connectivity index (χ1) is 26.4. The van der Waals surface area contributed by atoms with E-state index in [0.717, 1.165) is 93.8 Å². The van der Waals surface area contributed by atoms with Crippen molar-refractivity contribution in [3.8, 4) is 17.0 Å². The summed E-state index contributed by atoms with van der Waals surface area (Å²) >= 11 is 6.76. The smallest absolute Gasteiger partial charge is 0.264 e. The standard InChI is InChI=1S/C45H45ClN4O4.ClH/c46-34-12-18-39(44(52)49-28-33-7-2-1-6-32(33)25-37(49)29-47-20-22-54-23-21-47)40(26-34)43-27-41(42-10-3-4-19-48(42)43)45(53)50(35-14-16-38(51)17-15-35)36-13-11-30-8-5-9-31(30)24-36;/h1-2,6-7,11-18,24,26-27,37,51H,3-5,8-10,19-23,25,28-29H2;1H/t37-;/m0./s1. The minimum absolute atomic E-state index is 0. The van der Waals surface area contributed by atoms with Gasteiger partial charge >= 0.3 is 0 Å². The van der Waals surface area contributed by atoms with Crippen LogP contribution in [0.15, 0.2) is 91.0 Å². The van der Waals surface area contributed by atoms with E-state index in [1.54, 1.807) is 35.2 Å². The molecular formula is C45H46Cl2N4O4. The summed E-state index contributed by atoms with van der Waals surface area (Å²) in [5.41, 5.74) is 10.3. The summed E-state index contributed by atoms with van der Waals surface area (Å²) in [6.45, 7) is 5.17. The van der Waals surface area contributed by atoms with Crippen LogP contribution in [0, 0.1) is 0 Å². The first-order valence-corrected chi connectivity index (χ1v) is 19.7. The Morgan fingerprint density at radius 2 is 1.53 bits per heavy atom. The van der Waals surface area contributed by atoms with E-state index >= 15 is 9.59 Å². The van der Waals surface area contributed by atoms with Gasteiger partial charge in [0.15, 0.2) is 0 Å². The number of anilines is 2. The molecule has 0 bridgehead atoms. The third kappa shape index (κ3) is 7.29. The molecule has 4 aromatic carbocycles. The number of phenols is 1. The second-order valence-corrected chi connectivity index (χ2v) is 15.6. The van der Waals surface area contributed by atoms with Gasteiger partial charge in [-0.05, 0) is 128 Å². The molecule has 4 aliphatic rings. The molecule has 8 nitrogen and oxygen atoms in total. The summed E-state index contributed by atoms with van der Waals surface area (Å²) in [7, 11) is 0. The number of carbonyl (C=O) groups excluding carboxylic acids is 2. The number of morpholine rings is 1. The van der Waals surface area contributed by atoms with Gasteiger partial charge in [0.05, 0.1) is 18.8 Å². The maximum absolute atomic E-state index is 15.1. The Bertz CT molecular complexity index is 2230. The molecule has 1 saturated heterocycles. The van der Waals surface area contributed by atoms with E-state index in [1.807, 2.05) is 30.3 Å². The summed E-state index contributed by atoms with van der Waals surface area (Å²) in [5.74, 6) is -0.0210. The van der Waals surface area contributed by atoms with E-state index < -0.39 is 0 Å². The Kier molecular flexibility index (Phi) is 10.8. The van der Waals surface area contributed by atoms with E-state index in [-0.39, 0.29) is 36.0 Å². The van der Waals surface area contributed by atoms with Crippen molar-refractivity contribution in [2.45, 2.75) is 64.1 Å². The van der Waals surface area contributed by atoms with Crippen LogP contribution in [0.1, 0.15) is 67.9 Å².